The van der Waals surface area contributed by atoms with E-state index in [-0.39, 0.29) is 18.8 Å². The molecule has 0 aliphatic carbocycles. The van der Waals surface area contributed by atoms with Gasteiger partial charge < -0.3 is 4.90 Å². The quantitative estimate of drug-likeness (QED) is 0.244. The van der Waals surface area contributed by atoms with Gasteiger partial charge >= 0.3 is 0 Å². The van der Waals surface area contributed by atoms with E-state index in [4.69, 9.17) is 4.11 Å². The van der Waals surface area contributed by atoms with Crippen molar-refractivity contribution in [1.29, 1.82) is 0 Å². The molecular weight excluding hydrogens is 504 g/mol. The van der Waals surface area contributed by atoms with Crippen LogP contribution in [0.1, 0.15) is 70.8 Å². The van der Waals surface area contributed by atoms with E-state index in [9.17, 15) is 0 Å². The highest BCUT2D eigenvalue weighted by Gasteiger charge is 2.52. The fourth-order valence-corrected chi connectivity index (χ4v) is 9.57. The lowest BCUT2D eigenvalue weighted by atomic mass is 9.26. The number of rotatable bonds is 0. The molecule has 0 spiro atoms. The van der Waals surface area contributed by atoms with E-state index < -0.39 is 12.3 Å². The average molecular weight is 542 g/mol. The van der Waals surface area contributed by atoms with Crippen LogP contribution in [0.3, 0.4) is 0 Å². The highest BCUT2D eigenvalue weighted by molar-refractivity contribution is 7.03. The Morgan fingerprint density at radius 3 is 1.60 bits per heavy atom. The molecule has 3 heteroatoms. The van der Waals surface area contributed by atoms with Crippen molar-refractivity contribution in [2.45, 2.75) is 59.2 Å². The predicted octanol–water partition coefficient (Wildman–Crippen LogP) is 5.02. The van der Waals surface area contributed by atoms with E-state index in [2.05, 4.69) is 125 Å². The van der Waals surface area contributed by atoms with Crippen molar-refractivity contribution in [1.82, 2.24) is 0 Å². The van der Waals surface area contributed by atoms with Crippen molar-refractivity contribution in [3.8, 4) is 0 Å². The van der Waals surface area contributed by atoms with E-state index >= 15 is 0 Å². The summed E-state index contributed by atoms with van der Waals surface area (Å²) in [6.07, 6.45) is 0. The van der Waals surface area contributed by atoms with Crippen LogP contribution in [0.5, 0.6) is 0 Å². The second kappa shape index (κ2) is 7.70. The molecule has 42 heavy (non-hydrogen) atoms. The Hall–Kier alpha value is -3.97. The maximum Gasteiger partial charge on any atom is 0.247 e. The van der Waals surface area contributed by atoms with Gasteiger partial charge in [0.2, 0.25) is 13.4 Å². The normalized spacial score (nSPS) is 18.5. The summed E-state index contributed by atoms with van der Waals surface area (Å²) >= 11 is 0. The van der Waals surface area contributed by atoms with E-state index in [1.807, 2.05) is 6.07 Å². The Morgan fingerprint density at radius 2 is 1.07 bits per heavy atom. The van der Waals surface area contributed by atoms with Crippen LogP contribution >= 0.6 is 0 Å². The third kappa shape index (κ3) is 2.70. The first kappa shape index (κ1) is 21.7. The first-order valence-electron chi connectivity index (χ1n) is 16.8. The molecule has 4 aliphatic rings. The van der Waals surface area contributed by atoms with Crippen molar-refractivity contribution >= 4 is 63.3 Å². The Morgan fingerprint density at radius 1 is 0.595 bits per heavy atom. The maximum absolute atomic E-state index is 8.66. The molecule has 5 aromatic rings. The molecule has 0 atom stereocenters. The van der Waals surface area contributed by atoms with Crippen molar-refractivity contribution in [2.24, 2.45) is 0 Å². The van der Waals surface area contributed by atoms with Gasteiger partial charge in [0.15, 0.2) is 0 Å². The molecule has 0 bridgehead atoms. The molecule has 0 radical (unpaired) electrons. The molecule has 9 rings (SSSR count). The number of aryl methyl sites for hydroxylation is 3. The van der Waals surface area contributed by atoms with Crippen LogP contribution in [0.15, 0.2) is 84.9 Å². The topological polar surface area (TPSA) is 3.24 Å². The highest BCUT2D eigenvalue weighted by Crippen LogP contribution is 2.46. The number of anilines is 3. The van der Waals surface area contributed by atoms with Gasteiger partial charge in [0, 0.05) is 32.0 Å². The van der Waals surface area contributed by atoms with Gasteiger partial charge in [-0.2, -0.15) is 0 Å². The molecule has 4 aliphatic heterocycles. The minimum Gasteiger partial charge on any atom is -0.313 e. The summed E-state index contributed by atoms with van der Waals surface area (Å²) in [5.74, 6) is 0. The fraction of sp³-hybridized carbons (Fsp3) is 0.231. The molecule has 0 amide bonds. The summed E-state index contributed by atoms with van der Waals surface area (Å²) in [5.41, 5.74) is 18.8. The summed E-state index contributed by atoms with van der Waals surface area (Å²) in [6, 6.07) is 31.2. The molecule has 0 N–H and O–H groups in total. The first-order chi connectivity index (χ1) is 21.3. The van der Waals surface area contributed by atoms with Crippen LogP contribution in [0, 0.1) is 20.7 Å². The van der Waals surface area contributed by atoms with Gasteiger partial charge in [-0.05, 0) is 88.1 Å². The Bertz CT molecular complexity index is 2160. The summed E-state index contributed by atoms with van der Waals surface area (Å²) in [4.78, 5) is 2.51. The summed E-state index contributed by atoms with van der Waals surface area (Å²) in [6.45, 7) is 11.5. The van der Waals surface area contributed by atoms with Crippen molar-refractivity contribution < 1.29 is 4.11 Å². The van der Waals surface area contributed by atoms with Crippen LogP contribution in [-0.4, -0.2) is 13.4 Å². The smallest absolute Gasteiger partial charge is 0.247 e. The Kier molecular flexibility index (Phi) is 3.98. The van der Waals surface area contributed by atoms with E-state index in [1.54, 1.807) is 0 Å². The summed E-state index contributed by atoms with van der Waals surface area (Å²) in [7, 11) is 0. The lowest BCUT2D eigenvalue weighted by molar-refractivity contribution is 0.640. The first-order valence-corrected chi connectivity index (χ1v) is 15.3. The molecule has 0 saturated carbocycles. The fourth-order valence-electron chi connectivity index (χ4n) is 9.57. The Labute approximate surface area is 255 Å². The molecule has 0 saturated heterocycles. The lowest BCUT2D eigenvalue weighted by Gasteiger charge is -2.51. The molecule has 5 aromatic carbocycles. The SMILES string of the molecule is [2H]C([2H])([2H])c1ccc2c3c1C(C)(C)c1ccccc1B3c1cc(C)cc3c1N2c1ccc(C)c2c1B3c1ccccc1C2(C)C. The van der Waals surface area contributed by atoms with E-state index in [0.717, 1.165) is 16.7 Å². The molecule has 0 unspecified atom stereocenters. The van der Waals surface area contributed by atoms with Gasteiger partial charge in [0.1, 0.15) is 0 Å². The number of hydrogen-bond acceptors (Lipinski definition) is 1. The monoisotopic (exact) mass is 542 g/mol. The molecular formula is C39H35B2N. The van der Waals surface area contributed by atoms with Gasteiger partial charge in [-0.1, -0.05) is 117 Å². The second-order valence-corrected chi connectivity index (χ2v) is 14.0. The number of benzene rings is 5. The van der Waals surface area contributed by atoms with Crippen LogP contribution in [0.4, 0.5) is 17.1 Å². The second-order valence-electron chi connectivity index (χ2n) is 14.0. The van der Waals surface area contributed by atoms with Crippen LogP contribution in [0.25, 0.3) is 0 Å². The third-order valence-corrected chi connectivity index (χ3v) is 11.0. The lowest BCUT2D eigenvalue weighted by Crippen LogP contribution is -2.70. The van der Waals surface area contributed by atoms with E-state index in [1.165, 1.54) is 66.5 Å². The summed E-state index contributed by atoms with van der Waals surface area (Å²) in [5, 5.41) is 0. The summed E-state index contributed by atoms with van der Waals surface area (Å²) < 4.78 is 26.0. The molecule has 1 nitrogen and oxygen atoms in total. The van der Waals surface area contributed by atoms with Crippen LogP contribution < -0.4 is 37.7 Å². The zero-order valence-electron chi connectivity index (χ0n) is 28.2. The molecule has 4 heterocycles. The van der Waals surface area contributed by atoms with Crippen LogP contribution in [0.2, 0.25) is 0 Å². The third-order valence-electron chi connectivity index (χ3n) is 11.0. The zero-order valence-corrected chi connectivity index (χ0v) is 25.2. The van der Waals surface area contributed by atoms with Gasteiger partial charge in [0.25, 0.3) is 0 Å². The van der Waals surface area contributed by atoms with Gasteiger partial charge in [-0.15, -0.1) is 0 Å². The Balaban J connectivity index is 1.48. The largest absolute Gasteiger partial charge is 0.313 e. The number of fused-ring (bicyclic) bond motifs is 8. The average Bonchev–Trinajstić information content (AvgIpc) is 2.99. The maximum atomic E-state index is 8.66. The van der Waals surface area contributed by atoms with Gasteiger partial charge in [0.05, 0.1) is 0 Å². The van der Waals surface area contributed by atoms with Crippen LogP contribution in [-0.2, 0) is 10.8 Å². The van der Waals surface area contributed by atoms with E-state index in [0.29, 0.717) is 5.56 Å². The predicted molar refractivity (Wildman–Crippen MR) is 182 cm³/mol. The minimum absolute atomic E-state index is 0.0480. The highest BCUT2D eigenvalue weighted by atomic mass is 15.2. The van der Waals surface area contributed by atoms with Crippen molar-refractivity contribution in [3.63, 3.8) is 0 Å². The molecule has 0 fully saturated rings. The standard InChI is InChI=1S/C39H35B2N/c1-22-20-29-37-30(21-22)41-28-15-11-9-13-26(28)39(6,7)34-24(3)17-19-32(36(34)41)42(37)31-18-16-23(2)33-35(31)40(29)27-14-10-8-12-25(27)38(33,4)5/h8-21H,1-7H3/i2D3. The van der Waals surface area contributed by atoms with Crippen molar-refractivity contribution in [3.05, 3.63) is 124 Å². The number of hydrogen-bond donors (Lipinski definition) is 0. The molecule has 0 aromatic heterocycles. The van der Waals surface area contributed by atoms with Crippen molar-refractivity contribution in [2.75, 3.05) is 4.90 Å². The van der Waals surface area contributed by atoms with Gasteiger partial charge in [-0.3, -0.25) is 0 Å². The van der Waals surface area contributed by atoms with Gasteiger partial charge in [-0.25, -0.2) is 0 Å². The zero-order chi connectivity index (χ0) is 31.4. The molecule has 202 valence electrons. The number of nitrogens with zero attached hydrogens (tertiary/aromatic N) is 1. The minimum atomic E-state index is -2.22.